The summed E-state index contributed by atoms with van der Waals surface area (Å²) in [7, 11) is 0. The van der Waals surface area contributed by atoms with Gasteiger partial charge in [-0.1, -0.05) is 0 Å². The molecule has 0 radical (unpaired) electrons. The molecule has 3 rings (SSSR count). The van der Waals surface area contributed by atoms with Gasteiger partial charge in [-0.3, -0.25) is 9.25 Å². The van der Waals surface area contributed by atoms with Gasteiger partial charge in [0.1, 0.15) is 5.82 Å². The number of aromatic nitrogens is 6. The van der Waals surface area contributed by atoms with Crippen LogP contribution in [0.3, 0.4) is 0 Å². The molecule has 3 aromatic rings. The highest BCUT2D eigenvalue weighted by Gasteiger charge is 2.11. The Morgan fingerprint density at radius 1 is 1.00 bits per heavy atom. The minimum atomic E-state index is 0.296. The van der Waals surface area contributed by atoms with Crippen LogP contribution < -0.4 is 5.32 Å². The van der Waals surface area contributed by atoms with Crippen LogP contribution in [0.15, 0.2) is 37.2 Å². The topological polar surface area (TPSA) is 73.5 Å². The molecule has 7 nitrogen and oxygen atoms in total. The number of anilines is 1. The summed E-state index contributed by atoms with van der Waals surface area (Å²) in [4.78, 5) is 13.1. The average Bonchev–Trinajstić information content (AvgIpc) is 3.16. The highest BCUT2D eigenvalue weighted by molar-refractivity contribution is 5.56. The Labute approximate surface area is 135 Å². The summed E-state index contributed by atoms with van der Waals surface area (Å²) in [6, 6.07) is 0.616. The summed E-state index contributed by atoms with van der Waals surface area (Å²) in [5.41, 5.74) is 1.83. The van der Waals surface area contributed by atoms with E-state index in [4.69, 9.17) is 0 Å². The van der Waals surface area contributed by atoms with Gasteiger partial charge in [0.05, 0.1) is 17.4 Å². The molecule has 0 saturated carbocycles. The van der Waals surface area contributed by atoms with Crippen LogP contribution in [0.4, 0.5) is 5.95 Å². The molecule has 23 heavy (non-hydrogen) atoms. The van der Waals surface area contributed by atoms with E-state index in [2.05, 4.69) is 53.1 Å². The van der Waals surface area contributed by atoms with Gasteiger partial charge >= 0.3 is 0 Å². The lowest BCUT2D eigenvalue weighted by molar-refractivity contribution is 0.532. The van der Waals surface area contributed by atoms with Crippen LogP contribution in [0.1, 0.15) is 33.7 Å². The maximum Gasteiger partial charge on any atom is 0.222 e. The third kappa shape index (κ3) is 3.23. The Kier molecular flexibility index (Phi) is 4.10. The highest BCUT2D eigenvalue weighted by atomic mass is 15.3. The second kappa shape index (κ2) is 6.20. The van der Waals surface area contributed by atoms with Crippen molar-refractivity contribution in [3.05, 3.63) is 37.2 Å². The summed E-state index contributed by atoms with van der Waals surface area (Å²) in [6.07, 6.45) is 11.1. The van der Waals surface area contributed by atoms with Gasteiger partial charge in [0.25, 0.3) is 0 Å². The zero-order valence-electron chi connectivity index (χ0n) is 13.8. The molecule has 0 unspecified atom stereocenters. The Morgan fingerprint density at radius 2 is 1.74 bits per heavy atom. The lowest BCUT2D eigenvalue weighted by atomic mass is 10.3. The second-order valence-electron chi connectivity index (χ2n) is 5.99. The van der Waals surface area contributed by atoms with Crippen LogP contribution >= 0.6 is 0 Å². The molecule has 1 N–H and O–H groups in total. The fourth-order valence-corrected chi connectivity index (χ4v) is 2.24. The molecule has 7 heteroatoms. The molecule has 120 valence electrons. The van der Waals surface area contributed by atoms with Gasteiger partial charge < -0.3 is 5.32 Å². The third-order valence-electron chi connectivity index (χ3n) is 3.36. The first kappa shape index (κ1) is 15.2. The number of nitrogens with one attached hydrogen (secondary N) is 1. The maximum absolute atomic E-state index is 4.43. The van der Waals surface area contributed by atoms with Gasteiger partial charge in [0.15, 0.2) is 0 Å². The molecule has 3 aromatic heterocycles. The van der Waals surface area contributed by atoms with Gasteiger partial charge in [0, 0.05) is 43.1 Å². The second-order valence-corrected chi connectivity index (χ2v) is 5.99. The minimum Gasteiger partial charge on any atom is -0.352 e. The molecule has 0 aliphatic carbocycles. The van der Waals surface area contributed by atoms with E-state index in [-0.39, 0.29) is 0 Å². The molecular formula is C16H21N7. The fourth-order valence-electron chi connectivity index (χ4n) is 2.24. The number of hydrogen-bond acceptors (Lipinski definition) is 5. The molecule has 0 bridgehead atoms. The Balaban J connectivity index is 1.91. The van der Waals surface area contributed by atoms with E-state index in [0.29, 0.717) is 18.0 Å². The highest BCUT2D eigenvalue weighted by Crippen LogP contribution is 2.21. The average molecular weight is 311 g/mol. The standard InChI is InChI=1S/C16H21N7/c1-11(2)21-16-18-7-13(8-19-16)15-17-5-6-22(15)14-9-20-23(10-14)12(3)4/h5-12H,1-4H3,(H,18,19,21). The van der Waals surface area contributed by atoms with Crippen molar-refractivity contribution < 1.29 is 0 Å². The number of rotatable bonds is 5. The maximum atomic E-state index is 4.43. The van der Waals surface area contributed by atoms with Crippen molar-refractivity contribution in [3.8, 4) is 17.1 Å². The molecule has 0 aromatic carbocycles. The number of nitrogens with zero attached hydrogens (tertiary/aromatic N) is 6. The van der Waals surface area contributed by atoms with Crippen LogP contribution in [0, 0.1) is 0 Å². The van der Waals surface area contributed by atoms with Crippen molar-refractivity contribution in [2.75, 3.05) is 5.32 Å². The Hall–Kier alpha value is -2.70. The van der Waals surface area contributed by atoms with Gasteiger partial charge in [-0.25, -0.2) is 15.0 Å². The van der Waals surface area contributed by atoms with Crippen molar-refractivity contribution in [2.24, 2.45) is 0 Å². The van der Waals surface area contributed by atoms with Crippen molar-refractivity contribution in [1.82, 2.24) is 29.3 Å². The van der Waals surface area contributed by atoms with Crippen molar-refractivity contribution in [3.63, 3.8) is 0 Å². The molecule has 0 fully saturated rings. The monoisotopic (exact) mass is 311 g/mol. The molecular weight excluding hydrogens is 290 g/mol. The predicted molar refractivity (Wildman–Crippen MR) is 89.5 cm³/mol. The first-order chi connectivity index (χ1) is 11.0. The van der Waals surface area contributed by atoms with Gasteiger partial charge in [-0.2, -0.15) is 5.10 Å². The normalized spacial score (nSPS) is 11.4. The molecule has 0 atom stereocenters. The van der Waals surface area contributed by atoms with Gasteiger partial charge in [-0.15, -0.1) is 0 Å². The summed E-state index contributed by atoms with van der Waals surface area (Å²) in [6.45, 7) is 8.30. The number of imidazole rings is 1. The predicted octanol–water partition coefficient (Wildman–Crippen LogP) is 2.93. The van der Waals surface area contributed by atoms with Crippen LogP contribution in [0.2, 0.25) is 0 Å². The van der Waals surface area contributed by atoms with Crippen molar-refractivity contribution in [1.29, 1.82) is 0 Å². The van der Waals surface area contributed by atoms with Crippen molar-refractivity contribution >= 4 is 5.95 Å². The van der Waals surface area contributed by atoms with E-state index in [1.54, 1.807) is 18.6 Å². The summed E-state index contributed by atoms with van der Waals surface area (Å²) >= 11 is 0. The van der Waals surface area contributed by atoms with E-state index < -0.39 is 0 Å². The smallest absolute Gasteiger partial charge is 0.222 e. The molecule has 0 amide bonds. The van der Waals surface area contributed by atoms with Crippen LogP contribution in [-0.4, -0.2) is 35.3 Å². The zero-order chi connectivity index (χ0) is 16.4. The van der Waals surface area contributed by atoms with Gasteiger partial charge in [-0.05, 0) is 27.7 Å². The SMILES string of the molecule is CC(C)Nc1ncc(-c2nccn2-c2cnn(C(C)C)c2)cn1. The van der Waals surface area contributed by atoms with Crippen molar-refractivity contribution in [2.45, 2.75) is 39.8 Å². The van der Waals surface area contributed by atoms with Crippen LogP contribution in [0.25, 0.3) is 17.1 Å². The lowest BCUT2D eigenvalue weighted by Gasteiger charge is -2.09. The Morgan fingerprint density at radius 3 is 2.35 bits per heavy atom. The molecule has 0 spiro atoms. The molecule has 0 saturated heterocycles. The van der Waals surface area contributed by atoms with E-state index >= 15 is 0 Å². The fraction of sp³-hybridized carbons (Fsp3) is 0.375. The third-order valence-corrected chi connectivity index (χ3v) is 3.36. The molecule has 0 aliphatic heterocycles. The number of hydrogen-bond donors (Lipinski definition) is 1. The van der Waals surface area contributed by atoms with E-state index in [0.717, 1.165) is 17.1 Å². The first-order valence-corrected chi connectivity index (χ1v) is 7.71. The minimum absolute atomic E-state index is 0.296. The molecule has 0 aliphatic rings. The lowest BCUT2D eigenvalue weighted by Crippen LogP contribution is -2.12. The summed E-state index contributed by atoms with van der Waals surface area (Å²) in [5, 5.41) is 7.56. The first-order valence-electron chi connectivity index (χ1n) is 7.71. The summed E-state index contributed by atoms with van der Waals surface area (Å²) < 4.78 is 3.91. The molecule has 3 heterocycles. The summed E-state index contributed by atoms with van der Waals surface area (Å²) in [5.74, 6) is 1.42. The Bertz CT molecular complexity index is 768. The van der Waals surface area contributed by atoms with E-state index in [1.807, 2.05) is 27.8 Å². The van der Waals surface area contributed by atoms with E-state index in [9.17, 15) is 0 Å². The van der Waals surface area contributed by atoms with Crippen LogP contribution in [0.5, 0.6) is 0 Å². The van der Waals surface area contributed by atoms with E-state index in [1.165, 1.54) is 0 Å². The zero-order valence-corrected chi connectivity index (χ0v) is 13.8. The van der Waals surface area contributed by atoms with Crippen LogP contribution in [-0.2, 0) is 0 Å². The quantitative estimate of drug-likeness (QED) is 0.784. The largest absolute Gasteiger partial charge is 0.352 e. The van der Waals surface area contributed by atoms with Gasteiger partial charge in [0.2, 0.25) is 5.95 Å².